The standard InChI is InChI=1S/C16H14FN3O2.C7H5N/c1-18-15(10-22-11-21)14-7-13(9-20-16(14)17)5-4-12-3-2-6-19-8-12;8-6-7-4-2-1-3-5-7/h2-3,6-9,11,15,18H,10H2,1H3;1-5H/t15-;/m0./s1. The molecule has 0 aliphatic rings. The minimum Gasteiger partial charge on any atom is -0.466 e. The van der Waals surface area contributed by atoms with E-state index in [1.807, 2.05) is 30.3 Å². The van der Waals surface area contributed by atoms with Crippen molar-refractivity contribution in [1.82, 2.24) is 15.3 Å². The van der Waals surface area contributed by atoms with Crippen LogP contribution in [0.3, 0.4) is 0 Å². The fraction of sp³-hybridized carbons (Fsp3) is 0.130. The van der Waals surface area contributed by atoms with Gasteiger partial charge in [-0.2, -0.15) is 9.65 Å². The van der Waals surface area contributed by atoms with Gasteiger partial charge in [-0.3, -0.25) is 9.78 Å². The quantitative estimate of drug-likeness (QED) is 0.401. The fourth-order valence-electron chi connectivity index (χ4n) is 2.34. The van der Waals surface area contributed by atoms with Crippen LogP contribution in [0.15, 0.2) is 67.1 Å². The van der Waals surface area contributed by atoms with Gasteiger partial charge in [0.25, 0.3) is 6.47 Å². The molecule has 0 aliphatic carbocycles. The molecule has 0 saturated carbocycles. The Bertz CT molecular complexity index is 1040. The zero-order valence-electron chi connectivity index (χ0n) is 16.2. The van der Waals surface area contributed by atoms with Crippen LogP contribution in [-0.2, 0) is 9.53 Å². The third kappa shape index (κ3) is 7.16. The molecule has 30 heavy (non-hydrogen) atoms. The largest absolute Gasteiger partial charge is 0.466 e. The van der Waals surface area contributed by atoms with Crippen LogP contribution in [0.2, 0.25) is 0 Å². The van der Waals surface area contributed by atoms with Crippen LogP contribution in [0.1, 0.15) is 28.3 Å². The number of hydrogen-bond acceptors (Lipinski definition) is 6. The molecule has 0 aliphatic heterocycles. The van der Waals surface area contributed by atoms with Gasteiger partial charge in [-0.15, -0.1) is 0 Å². The Balaban J connectivity index is 0.000000335. The molecule has 1 atom stereocenters. The Hall–Kier alpha value is -4.07. The van der Waals surface area contributed by atoms with Gasteiger partial charge >= 0.3 is 0 Å². The number of benzene rings is 1. The van der Waals surface area contributed by atoms with Gasteiger partial charge in [0.1, 0.15) is 6.61 Å². The number of nitriles is 1. The number of pyridine rings is 2. The molecule has 0 saturated heterocycles. The molecule has 7 heteroatoms. The summed E-state index contributed by atoms with van der Waals surface area (Å²) in [4.78, 5) is 17.9. The first-order chi connectivity index (χ1) is 14.7. The van der Waals surface area contributed by atoms with E-state index in [9.17, 15) is 9.18 Å². The molecule has 0 radical (unpaired) electrons. The average Bonchev–Trinajstić information content (AvgIpc) is 2.81. The lowest BCUT2D eigenvalue weighted by molar-refractivity contribution is -0.129. The molecule has 1 N–H and O–H groups in total. The molecule has 3 rings (SSSR count). The third-order valence-corrected chi connectivity index (χ3v) is 3.84. The number of carbonyl (C=O) groups excluding carboxylic acids is 1. The summed E-state index contributed by atoms with van der Waals surface area (Å²) in [6.07, 6.45) is 4.65. The van der Waals surface area contributed by atoms with Crippen LogP contribution in [-0.4, -0.2) is 30.1 Å². The van der Waals surface area contributed by atoms with Crippen molar-refractivity contribution in [2.75, 3.05) is 13.7 Å². The van der Waals surface area contributed by atoms with Crippen LogP contribution in [0, 0.1) is 29.1 Å². The number of ether oxygens (including phenoxy) is 1. The Labute approximate surface area is 174 Å². The van der Waals surface area contributed by atoms with E-state index in [0.717, 1.165) is 5.56 Å². The molecule has 0 fully saturated rings. The molecule has 6 nitrogen and oxygen atoms in total. The molecule has 2 heterocycles. The summed E-state index contributed by atoms with van der Waals surface area (Å²) in [6, 6.07) is 15.9. The Kier molecular flexibility index (Phi) is 9.19. The summed E-state index contributed by atoms with van der Waals surface area (Å²) < 4.78 is 18.5. The first kappa shape index (κ1) is 22.2. The molecule has 1 aromatic carbocycles. The average molecular weight is 402 g/mol. The van der Waals surface area contributed by atoms with Gasteiger partial charge in [0.15, 0.2) is 0 Å². The number of nitrogens with one attached hydrogen (secondary N) is 1. The molecule has 0 unspecified atom stereocenters. The van der Waals surface area contributed by atoms with E-state index in [1.165, 1.54) is 6.20 Å². The number of rotatable bonds is 5. The fourth-order valence-corrected chi connectivity index (χ4v) is 2.34. The lowest BCUT2D eigenvalue weighted by Gasteiger charge is -2.15. The minimum atomic E-state index is -0.624. The van der Waals surface area contributed by atoms with E-state index in [-0.39, 0.29) is 6.61 Å². The highest BCUT2D eigenvalue weighted by Crippen LogP contribution is 2.17. The van der Waals surface area contributed by atoms with E-state index in [4.69, 9.17) is 5.26 Å². The van der Waals surface area contributed by atoms with Gasteiger partial charge in [0, 0.05) is 35.3 Å². The second-order valence-corrected chi connectivity index (χ2v) is 5.84. The Morgan fingerprint density at radius 3 is 2.47 bits per heavy atom. The van der Waals surface area contributed by atoms with Crippen LogP contribution < -0.4 is 5.32 Å². The predicted octanol–water partition coefficient (Wildman–Crippen LogP) is 3.01. The number of likely N-dealkylation sites (N-methyl/N-ethyl adjacent to an activating group) is 1. The smallest absolute Gasteiger partial charge is 0.293 e. The van der Waals surface area contributed by atoms with Crippen molar-refractivity contribution in [3.8, 4) is 17.9 Å². The summed E-state index contributed by atoms with van der Waals surface area (Å²) in [6.45, 7) is 0.333. The highest BCUT2D eigenvalue weighted by atomic mass is 19.1. The van der Waals surface area contributed by atoms with Crippen molar-refractivity contribution in [3.63, 3.8) is 0 Å². The summed E-state index contributed by atoms with van der Waals surface area (Å²) in [5.74, 6) is 5.21. The van der Waals surface area contributed by atoms with Crippen molar-refractivity contribution >= 4 is 6.47 Å². The molecule has 150 valence electrons. The molecular formula is C23H19FN4O2. The van der Waals surface area contributed by atoms with Gasteiger partial charge in [-0.05, 0) is 37.4 Å². The van der Waals surface area contributed by atoms with Crippen LogP contribution in [0.4, 0.5) is 4.39 Å². The van der Waals surface area contributed by atoms with Crippen molar-refractivity contribution < 1.29 is 13.9 Å². The number of nitrogens with zero attached hydrogens (tertiary/aromatic N) is 3. The van der Waals surface area contributed by atoms with E-state index < -0.39 is 12.0 Å². The summed E-state index contributed by atoms with van der Waals surface area (Å²) in [5, 5.41) is 11.2. The maximum atomic E-state index is 13.8. The predicted molar refractivity (Wildman–Crippen MR) is 109 cm³/mol. The van der Waals surface area contributed by atoms with Gasteiger partial charge in [-0.1, -0.05) is 30.0 Å². The van der Waals surface area contributed by atoms with Crippen molar-refractivity contribution in [2.45, 2.75) is 6.04 Å². The number of hydrogen-bond donors (Lipinski definition) is 1. The van der Waals surface area contributed by atoms with E-state index in [0.29, 0.717) is 23.2 Å². The van der Waals surface area contributed by atoms with E-state index in [2.05, 4.69) is 31.9 Å². The first-order valence-corrected chi connectivity index (χ1v) is 8.93. The SMILES string of the molecule is CN[C@@H](COC=O)c1cc(C#Cc2cccnc2)cnc1F.N#Cc1ccccc1. The number of carbonyl (C=O) groups is 1. The summed E-state index contributed by atoms with van der Waals surface area (Å²) >= 11 is 0. The molecular weight excluding hydrogens is 383 g/mol. The van der Waals surface area contributed by atoms with Gasteiger partial charge < -0.3 is 10.1 Å². The molecule has 2 aromatic heterocycles. The van der Waals surface area contributed by atoms with Crippen LogP contribution >= 0.6 is 0 Å². The number of aromatic nitrogens is 2. The van der Waals surface area contributed by atoms with Crippen molar-refractivity contribution in [3.05, 3.63) is 95.3 Å². The van der Waals surface area contributed by atoms with Gasteiger partial charge in [-0.25, -0.2) is 4.98 Å². The zero-order valence-corrected chi connectivity index (χ0v) is 16.2. The molecule has 0 spiro atoms. The van der Waals surface area contributed by atoms with Crippen LogP contribution in [0.5, 0.6) is 0 Å². The highest BCUT2D eigenvalue weighted by Gasteiger charge is 2.16. The highest BCUT2D eigenvalue weighted by molar-refractivity contribution is 5.42. The second kappa shape index (κ2) is 12.4. The number of halogens is 1. The first-order valence-electron chi connectivity index (χ1n) is 8.93. The van der Waals surface area contributed by atoms with Crippen molar-refractivity contribution in [1.29, 1.82) is 5.26 Å². The normalized spacial score (nSPS) is 10.3. The summed E-state index contributed by atoms with van der Waals surface area (Å²) in [7, 11) is 1.65. The maximum absolute atomic E-state index is 13.8. The Morgan fingerprint density at radius 1 is 1.13 bits per heavy atom. The van der Waals surface area contributed by atoms with Crippen molar-refractivity contribution in [2.24, 2.45) is 0 Å². The van der Waals surface area contributed by atoms with E-state index in [1.54, 1.807) is 43.7 Å². The molecule has 3 aromatic rings. The third-order valence-electron chi connectivity index (χ3n) is 3.84. The zero-order chi connectivity index (χ0) is 21.6. The Morgan fingerprint density at radius 2 is 1.87 bits per heavy atom. The second-order valence-electron chi connectivity index (χ2n) is 5.84. The van der Waals surface area contributed by atoms with Gasteiger partial charge in [0.05, 0.1) is 17.7 Å². The monoisotopic (exact) mass is 402 g/mol. The van der Waals surface area contributed by atoms with Crippen LogP contribution in [0.25, 0.3) is 0 Å². The lowest BCUT2D eigenvalue weighted by Crippen LogP contribution is -2.23. The van der Waals surface area contributed by atoms with E-state index >= 15 is 0 Å². The maximum Gasteiger partial charge on any atom is 0.293 e. The topological polar surface area (TPSA) is 87.9 Å². The summed E-state index contributed by atoms with van der Waals surface area (Å²) in [5.41, 5.74) is 2.32. The van der Waals surface area contributed by atoms with Gasteiger partial charge in [0.2, 0.25) is 5.95 Å². The lowest BCUT2D eigenvalue weighted by atomic mass is 10.1. The molecule has 0 bridgehead atoms. The minimum absolute atomic E-state index is 0.0120. The molecule has 0 amide bonds.